The number of H-pyrrole nitrogens is 1. The monoisotopic (exact) mass is 616 g/mol. The molecule has 1 heterocycles. The number of benzene rings is 1. The number of rotatable bonds is 19. The van der Waals surface area contributed by atoms with Crippen LogP contribution in [0, 0.1) is 0 Å². The van der Waals surface area contributed by atoms with E-state index in [0.29, 0.717) is 0 Å². The van der Waals surface area contributed by atoms with Gasteiger partial charge < -0.3 is 54.7 Å². The number of aliphatic imine (C=N–C) groups is 1. The van der Waals surface area contributed by atoms with Gasteiger partial charge in [0, 0.05) is 36.5 Å². The molecule has 5 amide bonds. The molecule has 0 spiro atoms. The van der Waals surface area contributed by atoms with E-state index >= 15 is 0 Å². The number of aliphatic carboxylic acids is 1. The van der Waals surface area contributed by atoms with Crippen LogP contribution in [0.1, 0.15) is 44.1 Å². The molecule has 2 aromatic rings. The third-order valence-electron chi connectivity index (χ3n) is 6.64. The van der Waals surface area contributed by atoms with Gasteiger partial charge in [0.1, 0.15) is 18.1 Å². The van der Waals surface area contributed by atoms with Crippen LogP contribution in [-0.2, 0) is 35.2 Å². The molecule has 17 heteroatoms. The molecule has 4 atom stereocenters. The standard InChI is InChI=1S/C27H40N10O7/c28-16(12-14-13-34-17-5-2-1-4-15(14)17)23(40)35-18(6-3-11-33-27(31)32)24(41)36-19(7-9-21(29)38)25(42)37-20(26(43)44)8-10-22(30)39/h1-2,4-5,13,16,18-20,34H,3,6-12,28H2,(H2,29,38)(H2,30,39)(H,35,40)(H,36,41)(H,37,42)(H,43,44)(H4,31,32,33). The van der Waals surface area contributed by atoms with Gasteiger partial charge in [0.15, 0.2) is 5.96 Å². The minimum absolute atomic E-state index is 0.0364. The zero-order valence-corrected chi connectivity index (χ0v) is 24.1. The van der Waals surface area contributed by atoms with E-state index in [2.05, 4.69) is 25.9 Å². The normalized spacial score (nSPS) is 13.6. The number of aromatic amines is 1. The number of aromatic nitrogens is 1. The molecule has 0 aliphatic carbocycles. The number of carboxylic acid groups (broad SMARTS) is 1. The maximum atomic E-state index is 13.4. The Bertz CT molecular complexity index is 1370. The van der Waals surface area contributed by atoms with E-state index in [-0.39, 0.29) is 57.5 Å². The van der Waals surface area contributed by atoms with Crippen molar-refractivity contribution >= 4 is 52.4 Å². The average Bonchev–Trinajstić information content (AvgIpc) is 3.36. The van der Waals surface area contributed by atoms with Crippen LogP contribution in [0.4, 0.5) is 0 Å². The Morgan fingerprint density at radius 2 is 1.34 bits per heavy atom. The smallest absolute Gasteiger partial charge is 0.326 e. The molecule has 0 saturated heterocycles. The van der Waals surface area contributed by atoms with Crippen molar-refractivity contribution in [3.05, 3.63) is 36.0 Å². The van der Waals surface area contributed by atoms with Crippen LogP contribution in [0.2, 0.25) is 0 Å². The van der Waals surface area contributed by atoms with Crippen LogP contribution in [0.25, 0.3) is 10.9 Å². The Morgan fingerprint density at radius 3 is 1.93 bits per heavy atom. The first-order valence-electron chi connectivity index (χ1n) is 13.8. The highest BCUT2D eigenvalue weighted by Gasteiger charge is 2.30. The lowest BCUT2D eigenvalue weighted by molar-refractivity contribution is -0.142. The van der Waals surface area contributed by atoms with E-state index in [4.69, 9.17) is 28.7 Å². The number of primary amides is 2. The fourth-order valence-corrected chi connectivity index (χ4v) is 4.33. The van der Waals surface area contributed by atoms with Crippen molar-refractivity contribution in [3.63, 3.8) is 0 Å². The number of nitrogens with one attached hydrogen (secondary N) is 4. The van der Waals surface area contributed by atoms with Gasteiger partial charge in [-0.05, 0) is 43.7 Å². The van der Waals surface area contributed by atoms with Crippen LogP contribution < -0.4 is 44.6 Å². The van der Waals surface area contributed by atoms with Gasteiger partial charge in [0.05, 0.1) is 6.04 Å². The van der Waals surface area contributed by atoms with Crippen LogP contribution in [-0.4, -0.2) is 82.3 Å². The van der Waals surface area contributed by atoms with E-state index in [1.807, 2.05) is 24.3 Å². The number of fused-ring (bicyclic) bond motifs is 1. The summed E-state index contributed by atoms with van der Waals surface area (Å²) in [4.78, 5) is 80.6. The highest BCUT2D eigenvalue weighted by molar-refractivity contribution is 5.94. The predicted octanol–water partition coefficient (Wildman–Crippen LogP) is -2.84. The first-order valence-corrected chi connectivity index (χ1v) is 13.8. The summed E-state index contributed by atoms with van der Waals surface area (Å²) in [5.41, 5.74) is 28.9. The SMILES string of the molecule is NC(=O)CCC(NC(=O)C(CCC(N)=O)NC(=O)C(CCCN=C(N)N)NC(=O)C(N)Cc1c[nH]c2ccccc12)C(=O)O. The van der Waals surface area contributed by atoms with Crippen LogP contribution in [0.5, 0.6) is 0 Å². The summed E-state index contributed by atoms with van der Waals surface area (Å²) in [6.45, 7) is 0.134. The van der Waals surface area contributed by atoms with Gasteiger partial charge in [0.2, 0.25) is 29.5 Å². The van der Waals surface area contributed by atoms with Crippen molar-refractivity contribution in [1.82, 2.24) is 20.9 Å². The first kappa shape index (κ1) is 35.0. The summed E-state index contributed by atoms with van der Waals surface area (Å²) < 4.78 is 0. The molecule has 0 fully saturated rings. The molecule has 0 saturated carbocycles. The number of nitrogens with zero attached hydrogens (tertiary/aromatic N) is 1. The lowest BCUT2D eigenvalue weighted by Crippen LogP contribution is -2.57. The van der Waals surface area contributed by atoms with E-state index < -0.39 is 59.7 Å². The maximum absolute atomic E-state index is 13.4. The molecular weight excluding hydrogens is 576 g/mol. The number of guanidine groups is 1. The van der Waals surface area contributed by atoms with Crippen molar-refractivity contribution in [3.8, 4) is 0 Å². The predicted molar refractivity (Wildman–Crippen MR) is 160 cm³/mol. The molecule has 0 bridgehead atoms. The highest BCUT2D eigenvalue weighted by Crippen LogP contribution is 2.19. The second-order valence-corrected chi connectivity index (χ2v) is 10.2. The summed E-state index contributed by atoms with van der Waals surface area (Å²) in [5, 5.41) is 17.6. The fraction of sp³-hybridized carbons (Fsp3) is 0.444. The summed E-state index contributed by atoms with van der Waals surface area (Å²) in [6, 6.07) is 2.30. The third kappa shape index (κ3) is 11.6. The van der Waals surface area contributed by atoms with Crippen molar-refractivity contribution in [2.75, 3.05) is 6.54 Å². The first-order chi connectivity index (χ1) is 20.8. The molecule has 44 heavy (non-hydrogen) atoms. The van der Waals surface area contributed by atoms with Gasteiger partial charge in [-0.2, -0.15) is 0 Å². The molecule has 15 N–H and O–H groups in total. The molecular formula is C27H40N10O7. The molecule has 17 nitrogen and oxygen atoms in total. The van der Waals surface area contributed by atoms with Crippen molar-refractivity contribution in [2.24, 2.45) is 33.7 Å². The zero-order valence-electron chi connectivity index (χ0n) is 24.1. The lowest BCUT2D eigenvalue weighted by Gasteiger charge is -2.25. The van der Waals surface area contributed by atoms with Gasteiger partial charge >= 0.3 is 5.97 Å². The Labute approximate surface area is 252 Å². The van der Waals surface area contributed by atoms with Crippen LogP contribution >= 0.6 is 0 Å². The fourth-order valence-electron chi connectivity index (χ4n) is 4.33. The molecule has 2 rings (SSSR count). The van der Waals surface area contributed by atoms with Gasteiger partial charge in [-0.15, -0.1) is 0 Å². The number of carbonyl (C=O) groups is 6. The van der Waals surface area contributed by atoms with E-state index in [1.165, 1.54) is 0 Å². The molecule has 1 aromatic carbocycles. The van der Waals surface area contributed by atoms with Gasteiger partial charge in [0.25, 0.3) is 0 Å². The summed E-state index contributed by atoms with van der Waals surface area (Å²) >= 11 is 0. The second-order valence-electron chi connectivity index (χ2n) is 10.2. The summed E-state index contributed by atoms with van der Waals surface area (Å²) in [6.07, 6.45) is 0.965. The number of carboxylic acids is 1. The van der Waals surface area contributed by atoms with Gasteiger partial charge in [-0.3, -0.25) is 29.0 Å². The topological polar surface area (TPSA) is 317 Å². The number of hydrogen-bond acceptors (Lipinski definition) is 8. The van der Waals surface area contributed by atoms with E-state index in [9.17, 15) is 33.9 Å². The Hall–Kier alpha value is -5.19. The number of carbonyl (C=O) groups excluding carboxylic acids is 5. The Balaban J connectivity index is 2.20. The van der Waals surface area contributed by atoms with Crippen molar-refractivity contribution in [2.45, 2.75) is 69.1 Å². The Morgan fingerprint density at radius 1 is 0.795 bits per heavy atom. The minimum Gasteiger partial charge on any atom is -0.480 e. The summed E-state index contributed by atoms with van der Waals surface area (Å²) in [7, 11) is 0. The van der Waals surface area contributed by atoms with Gasteiger partial charge in [-0.1, -0.05) is 18.2 Å². The maximum Gasteiger partial charge on any atom is 0.326 e. The third-order valence-corrected chi connectivity index (χ3v) is 6.64. The number of hydrogen-bond donors (Lipinski definition) is 10. The van der Waals surface area contributed by atoms with Crippen molar-refractivity contribution in [1.29, 1.82) is 0 Å². The quantitative estimate of drug-likeness (QED) is 0.0438. The van der Waals surface area contributed by atoms with Gasteiger partial charge in [-0.25, -0.2) is 4.79 Å². The zero-order chi connectivity index (χ0) is 32.8. The molecule has 1 aromatic heterocycles. The average molecular weight is 617 g/mol. The molecule has 240 valence electrons. The number of nitrogens with two attached hydrogens (primary N) is 5. The largest absolute Gasteiger partial charge is 0.480 e. The minimum atomic E-state index is -1.50. The molecule has 4 unspecified atom stereocenters. The molecule has 0 radical (unpaired) electrons. The summed E-state index contributed by atoms with van der Waals surface area (Å²) in [5.74, 6) is -5.55. The van der Waals surface area contributed by atoms with Crippen molar-refractivity contribution < 1.29 is 33.9 Å². The lowest BCUT2D eigenvalue weighted by atomic mass is 10.0. The number of para-hydroxylation sites is 1. The molecule has 0 aliphatic heterocycles. The Kier molecular flexibility index (Phi) is 13.6. The van der Waals surface area contributed by atoms with Crippen LogP contribution in [0.3, 0.4) is 0 Å². The second kappa shape index (κ2) is 17.1. The van der Waals surface area contributed by atoms with E-state index in [1.54, 1.807) is 6.20 Å². The number of amides is 5. The molecule has 0 aliphatic rings. The van der Waals surface area contributed by atoms with Crippen LogP contribution in [0.15, 0.2) is 35.5 Å². The highest BCUT2D eigenvalue weighted by atomic mass is 16.4. The van der Waals surface area contributed by atoms with E-state index in [0.717, 1.165) is 16.5 Å².